The summed E-state index contributed by atoms with van der Waals surface area (Å²) in [6, 6.07) is 5.94. The van der Waals surface area contributed by atoms with Crippen molar-refractivity contribution < 1.29 is 4.79 Å². The van der Waals surface area contributed by atoms with Gasteiger partial charge in [0.05, 0.1) is 10.7 Å². The van der Waals surface area contributed by atoms with Gasteiger partial charge in [0.25, 0.3) is 0 Å². The third-order valence-corrected chi connectivity index (χ3v) is 3.98. The second-order valence-electron chi connectivity index (χ2n) is 4.65. The van der Waals surface area contributed by atoms with E-state index in [-0.39, 0.29) is 5.91 Å². The fourth-order valence-corrected chi connectivity index (χ4v) is 2.51. The largest absolute Gasteiger partial charge is 0.326 e. The van der Waals surface area contributed by atoms with Crippen molar-refractivity contribution in [1.29, 1.82) is 0 Å². The number of rotatable bonds is 4. The van der Waals surface area contributed by atoms with Crippen LogP contribution in [0.3, 0.4) is 0 Å². The van der Waals surface area contributed by atoms with E-state index in [9.17, 15) is 4.79 Å². The van der Waals surface area contributed by atoms with E-state index in [1.165, 1.54) is 5.56 Å². The summed E-state index contributed by atoms with van der Waals surface area (Å²) < 4.78 is 0. The fraction of sp³-hybridized carbons (Fsp3) is 0.333. The van der Waals surface area contributed by atoms with Crippen LogP contribution in [0.25, 0.3) is 0 Å². The van der Waals surface area contributed by atoms with Crippen molar-refractivity contribution in [2.24, 2.45) is 0 Å². The molecule has 0 radical (unpaired) electrons. The molecule has 0 aliphatic heterocycles. The van der Waals surface area contributed by atoms with Gasteiger partial charge in [-0.15, -0.1) is 11.3 Å². The number of carbonyl (C=O) groups excluding carboxylic acids is 1. The van der Waals surface area contributed by atoms with Gasteiger partial charge >= 0.3 is 0 Å². The predicted octanol–water partition coefficient (Wildman–Crippen LogP) is 3.64. The van der Waals surface area contributed by atoms with Crippen molar-refractivity contribution in [3.05, 3.63) is 45.4 Å². The lowest BCUT2D eigenvalue weighted by Gasteiger charge is -2.09. The molecule has 100 valence electrons. The minimum Gasteiger partial charge on any atom is -0.326 e. The molecule has 0 fully saturated rings. The summed E-state index contributed by atoms with van der Waals surface area (Å²) in [7, 11) is 0. The van der Waals surface area contributed by atoms with Gasteiger partial charge in [-0.25, -0.2) is 4.98 Å². The molecule has 3 nitrogen and oxygen atoms in total. The summed E-state index contributed by atoms with van der Waals surface area (Å²) in [5.41, 5.74) is 4.21. The van der Waals surface area contributed by atoms with Gasteiger partial charge in [0.15, 0.2) is 0 Å². The topological polar surface area (TPSA) is 42.0 Å². The summed E-state index contributed by atoms with van der Waals surface area (Å²) in [5, 5.41) is 6.03. The van der Waals surface area contributed by atoms with Crippen LogP contribution < -0.4 is 5.32 Å². The highest BCUT2D eigenvalue weighted by molar-refractivity contribution is 7.09. The summed E-state index contributed by atoms with van der Waals surface area (Å²) in [6.45, 7) is 6.04. The average molecular weight is 274 g/mol. The Labute approximate surface area is 117 Å². The highest BCUT2D eigenvalue weighted by Crippen LogP contribution is 2.18. The molecule has 1 N–H and O–H groups in total. The maximum atomic E-state index is 11.9. The molecular weight excluding hydrogens is 256 g/mol. The third kappa shape index (κ3) is 3.64. The normalized spacial score (nSPS) is 10.5. The Balaban J connectivity index is 1.92. The van der Waals surface area contributed by atoms with E-state index in [4.69, 9.17) is 0 Å². The van der Waals surface area contributed by atoms with Gasteiger partial charge in [0, 0.05) is 17.5 Å². The van der Waals surface area contributed by atoms with Crippen LogP contribution in [0.1, 0.15) is 28.2 Å². The molecule has 1 aromatic carbocycles. The molecule has 19 heavy (non-hydrogen) atoms. The van der Waals surface area contributed by atoms with Crippen LogP contribution in [0.4, 0.5) is 5.69 Å². The molecule has 0 bridgehead atoms. The summed E-state index contributed by atoms with van der Waals surface area (Å²) in [5.74, 6) is 0.0411. The lowest BCUT2D eigenvalue weighted by Crippen LogP contribution is -2.13. The molecule has 1 heterocycles. The monoisotopic (exact) mass is 274 g/mol. The maximum absolute atomic E-state index is 11.9. The Hall–Kier alpha value is -1.68. The van der Waals surface area contributed by atoms with Crippen molar-refractivity contribution in [2.45, 2.75) is 33.6 Å². The first-order chi connectivity index (χ1) is 9.06. The van der Waals surface area contributed by atoms with E-state index < -0.39 is 0 Å². The second-order valence-corrected chi connectivity index (χ2v) is 5.72. The first-order valence-corrected chi connectivity index (χ1v) is 7.21. The molecule has 0 saturated carbocycles. The maximum Gasteiger partial charge on any atom is 0.224 e. The Morgan fingerprint density at radius 3 is 2.79 bits per heavy atom. The van der Waals surface area contributed by atoms with Crippen molar-refractivity contribution in [3.63, 3.8) is 0 Å². The van der Waals surface area contributed by atoms with Crippen molar-refractivity contribution in [1.82, 2.24) is 4.98 Å². The van der Waals surface area contributed by atoms with Crippen LogP contribution in [-0.4, -0.2) is 10.9 Å². The van der Waals surface area contributed by atoms with Gasteiger partial charge in [-0.1, -0.05) is 12.1 Å². The quantitative estimate of drug-likeness (QED) is 0.925. The van der Waals surface area contributed by atoms with Gasteiger partial charge in [0.2, 0.25) is 5.91 Å². The molecule has 0 unspecified atom stereocenters. The molecule has 2 rings (SSSR count). The van der Waals surface area contributed by atoms with E-state index in [1.54, 1.807) is 11.3 Å². The van der Waals surface area contributed by atoms with Gasteiger partial charge in [-0.2, -0.15) is 0 Å². The number of aromatic nitrogens is 1. The number of hydrogen-bond acceptors (Lipinski definition) is 3. The van der Waals surface area contributed by atoms with Crippen LogP contribution in [-0.2, 0) is 11.2 Å². The smallest absolute Gasteiger partial charge is 0.224 e. The number of hydrogen-bond donors (Lipinski definition) is 1. The van der Waals surface area contributed by atoms with E-state index >= 15 is 0 Å². The first-order valence-electron chi connectivity index (χ1n) is 6.33. The molecule has 0 saturated heterocycles. The average Bonchev–Trinajstić information content (AvgIpc) is 2.78. The van der Waals surface area contributed by atoms with Crippen LogP contribution in [0.5, 0.6) is 0 Å². The second kappa shape index (κ2) is 5.97. The van der Waals surface area contributed by atoms with E-state index in [2.05, 4.69) is 10.3 Å². The fourth-order valence-electron chi connectivity index (χ4n) is 1.86. The lowest BCUT2D eigenvalue weighted by atomic mass is 10.1. The van der Waals surface area contributed by atoms with Gasteiger partial charge in [-0.05, 0) is 44.4 Å². The summed E-state index contributed by atoms with van der Waals surface area (Å²) >= 11 is 1.62. The molecule has 1 amide bonds. The number of benzene rings is 1. The standard InChI is InChI=1S/C15H18N2OS/c1-10-5-4-6-14(11(10)2)17-15(18)8-7-13-9-19-12(3)16-13/h4-6,9H,7-8H2,1-3H3,(H,17,18). The number of amides is 1. The molecule has 1 aromatic heterocycles. The Morgan fingerprint density at radius 1 is 1.32 bits per heavy atom. The van der Waals surface area contributed by atoms with Gasteiger partial charge in [0.1, 0.15) is 0 Å². The summed E-state index contributed by atoms with van der Waals surface area (Å²) in [6.07, 6.45) is 1.16. The minimum absolute atomic E-state index is 0.0411. The molecule has 4 heteroatoms. The highest BCUT2D eigenvalue weighted by Gasteiger charge is 2.07. The molecule has 0 atom stereocenters. The highest BCUT2D eigenvalue weighted by atomic mass is 32.1. The Kier molecular flexibility index (Phi) is 4.32. The van der Waals surface area contributed by atoms with Crippen molar-refractivity contribution in [3.8, 4) is 0 Å². The van der Waals surface area contributed by atoms with Crippen LogP contribution in [0, 0.1) is 20.8 Å². The summed E-state index contributed by atoms with van der Waals surface area (Å²) in [4.78, 5) is 16.3. The van der Waals surface area contributed by atoms with Crippen molar-refractivity contribution in [2.75, 3.05) is 5.32 Å². The molecule has 0 aliphatic carbocycles. The van der Waals surface area contributed by atoms with Crippen LogP contribution >= 0.6 is 11.3 Å². The zero-order chi connectivity index (χ0) is 13.8. The van der Waals surface area contributed by atoms with Gasteiger partial charge < -0.3 is 5.32 Å². The third-order valence-electron chi connectivity index (χ3n) is 3.15. The number of nitrogens with zero attached hydrogens (tertiary/aromatic N) is 1. The van der Waals surface area contributed by atoms with Gasteiger partial charge in [-0.3, -0.25) is 4.79 Å². The van der Waals surface area contributed by atoms with Crippen LogP contribution in [0.2, 0.25) is 0 Å². The Bertz CT molecular complexity index is 590. The number of carbonyl (C=O) groups is 1. The molecule has 0 aliphatic rings. The number of thiazole rings is 1. The van der Waals surface area contributed by atoms with E-state index in [1.807, 2.05) is 44.4 Å². The SMILES string of the molecule is Cc1nc(CCC(=O)Nc2cccc(C)c2C)cs1. The number of nitrogens with one attached hydrogen (secondary N) is 1. The number of anilines is 1. The van der Waals surface area contributed by atoms with E-state index in [0.29, 0.717) is 12.8 Å². The molecular formula is C15H18N2OS. The minimum atomic E-state index is 0.0411. The molecule has 0 spiro atoms. The predicted molar refractivity (Wildman–Crippen MR) is 79.7 cm³/mol. The zero-order valence-electron chi connectivity index (χ0n) is 11.5. The first kappa shape index (κ1) is 13.7. The number of aryl methyl sites for hydroxylation is 3. The van der Waals surface area contributed by atoms with Crippen LogP contribution in [0.15, 0.2) is 23.6 Å². The Morgan fingerprint density at radius 2 is 2.11 bits per heavy atom. The lowest BCUT2D eigenvalue weighted by molar-refractivity contribution is -0.116. The van der Waals surface area contributed by atoms with Crippen molar-refractivity contribution >= 4 is 22.9 Å². The molecule has 2 aromatic rings. The van der Waals surface area contributed by atoms with E-state index in [0.717, 1.165) is 22.0 Å². The zero-order valence-corrected chi connectivity index (χ0v) is 12.3.